The number of hydrogen-bond acceptors (Lipinski definition) is 3. The summed E-state index contributed by atoms with van der Waals surface area (Å²) in [5.74, 6) is 0.423. The molecule has 4 heteroatoms. The molecule has 2 aromatic carbocycles. The molecule has 1 N–H and O–H groups in total. The van der Waals surface area contributed by atoms with Crippen LogP contribution < -0.4 is 0 Å². The minimum atomic E-state index is 0.423. The Morgan fingerprint density at radius 3 is 2.92 bits per heavy atom. The van der Waals surface area contributed by atoms with Gasteiger partial charge in [0.25, 0.3) is 0 Å². The Bertz CT molecular complexity index is 865. The van der Waals surface area contributed by atoms with E-state index < -0.39 is 0 Å². The van der Waals surface area contributed by atoms with Crippen molar-refractivity contribution >= 4 is 10.9 Å². The second kappa shape index (κ2) is 6.04. The lowest BCUT2D eigenvalue weighted by Gasteiger charge is -2.33. The van der Waals surface area contributed by atoms with Crippen molar-refractivity contribution in [2.75, 3.05) is 27.7 Å². The summed E-state index contributed by atoms with van der Waals surface area (Å²) in [5.41, 5.74) is 6.79. The molecule has 1 aromatic heterocycles. The first kappa shape index (κ1) is 15.4. The number of hydrogen-bond donors (Lipinski definition) is 1. The van der Waals surface area contributed by atoms with E-state index in [0.29, 0.717) is 5.92 Å². The van der Waals surface area contributed by atoms with Gasteiger partial charge < -0.3 is 9.80 Å². The summed E-state index contributed by atoms with van der Waals surface area (Å²) < 4.78 is 0. The van der Waals surface area contributed by atoms with Crippen LogP contribution >= 0.6 is 0 Å². The monoisotopic (exact) mass is 320 g/mol. The Morgan fingerprint density at radius 1 is 1.21 bits per heavy atom. The third-order valence-corrected chi connectivity index (χ3v) is 4.88. The van der Waals surface area contributed by atoms with Gasteiger partial charge in [-0.2, -0.15) is 5.10 Å². The molecule has 0 saturated heterocycles. The number of fused-ring (bicyclic) bond motifs is 2. The van der Waals surface area contributed by atoms with Crippen LogP contribution in [0, 0.1) is 0 Å². The zero-order valence-corrected chi connectivity index (χ0v) is 14.6. The van der Waals surface area contributed by atoms with Crippen molar-refractivity contribution in [1.29, 1.82) is 0 Å². The maximum absolute atomic E-state index is 4.15. The first-order valence-corrected chi connectivity index (χ1v) is 8.48. The van der Waals surface area contributed by atoms with E-state index in [1.807, 2.05) is 6.20 Å². The zero-order valence-electron chi connectivity index (χ0n) is 14.6. The summed E-state index contributed by atoms with van der Waals surface area (Å²) in [6.45, 7) is 3.08. The third kappa shape index (κ3) is 2.83. The minimum absolute atomic E-state index is 0.423. The molecule has 1 aliphatic rings. The standard InChI is InChI=1S/C20H24N4/c1-23(2)11-14-4-6-18-17(8-14)12-24(3)13-19(18)15-5-7-20-16(9-15)10-21-22-20/h4-10,19H,11-13H2,1-3H3,(H,21,22). The highest BCUT2D eigenvalue weighted by atomic mass is 15.1. The van der Waals surface area contributed by atoms with Gasteiger partial charge in [0.1, 0.15) is 0 Å². The molecule has 4 rings (SSSR count). The number of rotatable bonds is 3. The molecule has 1 unspecified atom stereocenters. The van der Waals surface area contributed by atoms with E-state index in [1.54, 1.807) is 0 Å². The largest absolute Gasteiger partial charge is 0.305 e. The molecule has 124 valence electrons. The molecule has 0 fully saturated rings. The van der Waals surface area contributed by atoms with Gasteiger partial charge in [-0.1, -0.05) is 24.3 Å². The van der Waals surface area contributed by atoms with Gasteiger partial charge in [-0.3, -0.25) is 5.10 Å². The Balaban J connectivity index is 1.74. The van der Waals surface area contributed by atoms with E-state index in [1.165, 1.54) is 27.6 Å². The molecule has 0 radical (unpaired) electrons. The van der Waals surface area contributed by atoms with Crippen molar-refractivity contribution in [3.05, 3.63) is 64.8 Å². The van der Waals surface area contributed by atoms with Crippen LogP contribution in [0.15, 0.2) is 42.6 Å². The van der Waals surface area contributed by atoms with E-state index in [0.717, 1.165) is 25.2 Å². The van der Waals surface area contributed by atoms with Gasteiger partial charge in [-0.05, 0) is 55.5 Å². The Hall–Kier alpha value is -2.17. The van der Waals surface area contributed by atoms with Crippen molar-refractivity contribution in [2.45, 2.75) is 19.0 Å². The summed E-state index contributed by atoms with van der Waals surface area (Å²) >= 11 is 0. The molecule has 0 amide bonds. The molecule has 0 aliphatic carbocycles. The fraction of sp³-hybridized carbons (Fsp3) is 0.350. The SMILES string of the molecule is CN(C)Cc1ccc2c(c1)CN(C)CC2c1ccc2[nH]ncc2c1. The van der Waals surface area contributed by atoms with Crippen LogP contribution in [0.25, 0.3) is 10.9 Å². The lowest BCUT2D eigenvalue weighted by atomic mass is 9.84. The van der Waals surface area contributed by atoms with E-state index in [2.05, 4.69) is 77.5 Å². The summed E-state index contributed by atoms with van der Waals surface area (Å²) in [5, 5.41) is 8.37. The van der Waals surface area contributed by atoms with Crippen LogP contribution in [-0.4, -0.2) is 47.7 Å². The first-order valence-electron chi connectivity index (χ1n) is 8.48. The number of nitrogens with zero attached hydrogens (tertiary/aromatic N) is 3. The van der Waals surface area contributed by atoms with Crippen LogP contribution in [-0.2, 0) is 13.1 Å². The second-order valence-electron chi connectivity index (χ2n) is 7.24. The predicted octanol–water partition coefficient (Wildman–Crippen LogP) is 3.20. The fourth-order valence-electron chi connectivity index (χ4n) is 3.83. The number of aromatic amines is 1. The summed E-state index contributed by atoms with van der Waals surface area (Å²) in [6, 6.07) is 13.7. The molecule has 24 heavy (non-hydrogen) atoms. The van der Waals surface area contributed by atoms with Gasteiger partial charge in [0, 0.05) is 30.9 Å². The zero-order chi connectivity index (χ0) is 16.7. The van der Waals surface area contributed by atoms with E-state index in [-0.39, 0.29) is 0 Å². The highest BCUT2D eigenvalue weighted by Crippen LogP contribution is 2.34. The summed E-state index contributed by atoms with van der Waals surface area (Å²) in [4.78, 5) is 4.64. The van der Waals surface area contributed by atoms with Gasteiger partial charge in [0.05, 0.1) is 11.7 Å². The smallest absolute Gasteiger partial charge is 0.0650 e. The van der Waals surface area contributed by atoms with Crippen LogP contribution in [0.2, 0.25) is 0 Å². The number of benzene rings is 2. The number of aromatic nitrogens is 2. The Morgan fingerprint density at radius 2 is 2.08 bits per heavy atom. The molecule has 0 spiro atoms. The molecular weight excluding hydrogens is 296 g/mol. The van der Waals surface area contributed by atoms with Crippen molar-refractivity contribution in [1.82, 2.24) is 20.0 Å². The van der Waals surface area contributed by atoms with Crippen molar-refractivity contribution in [3.63, 3.8) is 0 Å². The first-order chi connectivity index (χ1) is 11.6. The molecule has 1 aliphatic heterocycles. The Kier molecular flexibility index (Phi) is 3.87. The average molecular weight is 320 g/mol. The lowest BCUT2D eigenvalue weighted by molar-refractivity contribution is 0.294. The third-order valence-electron chi connectivity index (χ3n) is 4.88. The maximum atomic E-state index is 4.15. The predicted molar refractivity (Wildman–Crippen MR) is 98.1 cm³/mol. The second-order valence-corrected chi connectivity index (χ2v) is 7.24. The van der Waals surface area contributed by atoms with E-state index >= 15 is 0 Å². The number of likely N-dealkylation sites (N-methyl/N-ethyl adjacent to an activating group) is 1. The Labute approximate surface area is 143 Å². The normalized spacial score (nSPS) is 18.2. The van der Waals surface area contributed by atoms with Crippen molar-refractivity contribution in [2.24, 2.45) is 0 Å². The van der Waals surface area contributed by atoms with Gasteiger partial charge >= 0.3 is 0 Å². The van der Waals surface area contributed by atoms with Gasteiger partial charge in [-0.25, -0.2) is 0 Å². The van der Waals surface area contributed by atoms with E-state index in [9.17, 15) is 0 Å². The highest BCUT2D eigenvalue weighted by molar-refractivity contribution is 5.78. The summed E-state index contributed by atoms with van der Waals surface area (Å²) in [6.07, 6.45) is 1.91. The molecule has 2 heterocycles. The van der Waals surface area contributed by atoms with Crippen LogP contribution in [0.3, 0.4) is 0 Å². The highest BCUT2D eigenvalue weighted by Gasteiger charge is 2.25. The fourth-order valence-corrected chi connectivity index (χ4v) is 3.83. The number of nitrogens with one attached hydrogen (secondary N) is 1. The van der Waals surface area contributed by atoms with Crippen molar-refractivity contribution < 1.29 is 0 Å². The lowest BCUT2D eigenvalue weighted by Crippen LogP contribution is -2.31. The van der Waals surface area contributed by atoms with Gasteiger partial charge in [-0.15, -0.1) is 0 Å². The average Bonchev–Trinajstić information content (AvgIpc) is 3.00. The number of H-pyrrole nitrogens is 1. The van der Waals surface area contributed by atoms with Crippen LogP contribution in [0.5, 0.6) is 0 Å². The molecule has 1 atom stereocenters. The van der Waals surface area contributed by atoms with Gasteiger partial charge in [0.2, 0.25) is 0 Å². The molecule has 3 aromatic rings. The van der Waals surface area contributed by atoms with E-state index in [4.69, 9.17) is 0 Å². The van der Waals surface area contributed by atoms with Crippen LogP contribution in [0.1, 0.15) is 28.2 Å². The summed E-state index contributed by atoms with van der Waals surface area (Å²) in [7, 11) is 6.45. The molecule has 0 saturated carbocycles. The molecular formula is C20H24N4. The maximum Gasteiger partial charge on any atom is 0.0650 e. The topological polar surface area (TPSA) is 35.2 Å². The molecule has 0 bridgehead atoms. The minimum Gasteiger partial charge on any atom is -0.305 e. The quantitative estimate of drug-likeness (QED) is 0.805. The van der Waals surface area contributed by atoms with Gasteiger partial charge in [0.15, 0.2) is 0 Å². The van der Waals surface area contributed by atoms with Crippen molar-refractivity contribution in [3.8, 4) is 0 Å². The van der Waals surface area contributed by atoms with Crippen LogP contribution in [0.4, 0.5) is 0 Å². The molecule has 4 nitrogen and oxygen atoms in total.